The fourth-order valence-corrected chi connectivity index (χ4v) is 4.07. The summed E-state index contributed by atoms with van der Waals surface area (Å²) >= 11 is 3.33. The second-order valence-corrected chi connectivity index (χ2v) is 8.90. The van der Waals surface area contributed by atoms with Gasteiger partial charge in [0.15, 0.2) is 17.3 Å². The molecule has 0 atom stereocenters. The van der Waals surface area contributed by atoms with E-state index in [4.69, 9.17) is 9.47 Å². The van der Waals surface area contributed by atoms with E-state index in [-0.39, 0.29) is 12.2 Å². The van der Waals surface area contributed by atoms with Crippen molar-refractivity contribution in [2.75, 3.05) is 39.7 Å². The molecule has 35 heavy (non-hydrogen) atoms. The van der Waals surface area contributed by atoms with Gasteiger partial charge in [0.2, 0.25) is 0 Å². The average molecular weight is 537 g/mol. The molecule has 0 aliphatic carbocycles. The Labute approximate surface area is 212 Å². The zero-order chi connectivity index (χ0) is 24.9. The molecule has 0 saturated heterocycles. The maximum absolute atomic E-state index is 13.2. The second-order valence-electron chi connectivity index (χ2n) is 7.98. The van der Waals surface area contributed by atoms with Crippen LogP contribution in [0.15, 0.2) is 64.2 Å². The van der Waals surface area contributed by atoms with Crippen LogP contribution in [-0.4, -0.2) is 61.8 Å². The monoisotopic (exact) mass is 536 g/mol. The first-order valence-electron chi connectivity index (χ1n) is 11.0. The summed E-state index contributed by atoms with van der Waals surface area (Å²) in [6.07, 6.45) is 1.60. The van der Waals surface area contributed by atoms with Gasteiger partial charge >= 0.3 is 0 Å². The normalized spacial score (nSPS) is 12.8. The van der Waals surface area contributed by atoms with E-state index in [1.165, 1.54) is 14.2 Å². The van der Waals surface area contributed by atoms with Gasteiger partial charge in [-0.3, -0.25) is 14.6 Å². The Morgan fingerprint density at radius 2 is 1.77 bits per heavy atom. The minimum atomic E-state index is -0.402. The standard InChI is InChI=1S/C26H25BrN4O4/c1-31-11-10-28-25(31)17-6-4-16(5-7-17)21(32)12-18-13-22(34-2)23(35-3)14-20(18)26(33)30-24-9-8-19(27)15-29-24/h4-9,13-15H,10-12H2,1-3H3,(H,29,30,33). The summed E-state index contributed by atoms with van der Waals surface area (Å²) < 4.78 is 11.6. The van der Waals surface area contributed by atoms with E-state index in [0.29, 0.717) is 34.0 Å². The Morgan fingerprint density at radius 1 is 1.06 bits per heavy atom. The number of aliphatic imine (C=N–C) groups is 1. The number of likely N-dealkylation sites (N-methyl/N-ethyl adjacent to an activating group) is 1. The lowest BCUT2D eigenvalue weighted by Crippen LogP contribution is -2.23. The molecule has 0 unspecified atom stereocenters. The van der Waals surface area contributed by atoms with Crippen LogP contribution in [-0.2, 0) is 6.42 Å². The van der Waals surface area contributed by atoms with E-state index in [0.717, 1.165) is 29.0 Å². The molecule has 0 spiro atoms. The third kappa shape index (κ3) is 5.51. The molecule has 1 N–H and O–H groups in total. The van der Waals surface area contributed by atoms with Crippen LogP contribution < -0.4 is 14.8 Å². The number of aromatic nitrogens is 1. The van der Waals surface area contributed by atoms with Gasteiger partial charge in [0.05, 0.1) is 20.8 Å². The van der Waals surface area contributed by atoms with E-state index in [9.17, 15) is 9.59 Å². The van der Waals surface area contributed by atoms with Crippen molar-refractivity contribution in [1.82, 2.24) is 9.88 Å². The van der Waals surface area contributed by atoms with Crippen molar-refractivity contribution in [3.8, 4) is 11.5 Å². The van der Waals surface area contributed by atoms with E-state index in [1.807, 2.05) is 19.2 Å². The van der Waals surface area contributed by atoms with Gasteiger partial charge in [-0.25, -0.2) is 4.98 Å². The first kappa shape index (κ1) is 24.4. The molecule has 0 bridgehead atoms. The van der Waals surface area contributed by atoms with Crippen molar-refractivity contribution < 1.29 is 19.1 Å². The predicted molar refractivity (Wildman–Crippen MR) is 138 cm³/mol. The Morgan fingerprint density at radius 3 is 2.37 bits per heavy atom. The summed E-state index contributed by atoms with van der Waals surface area (Å²) in [7, 11) is 5.00. The van der Waals surface area contributed by atoms with Crippen molar-refractivity contribution in [1.29, 1.82) is 0 Å². The summed E-state index contributed by atoms with van der Waals surface area (Å²) in [5.74, 6) is 1.61. The SMILES string of the molecule is COc1cc(CC(=O)c2ccc(C3=NCCN3C)cc2)c(C(=O)Nc2ccc(Br)cn2)cc1OC. The number of methoxy groups -OCH3 is 2. The molecule has 3 aromatic rings. The summed E-state index contributed by atoms with van der Waals surface area (Å²) in [6.45, 7) is 1.66. The number of anilines is 1. The summed E-state index contributed by atoms with van der Waals surface area (Å²) in [5, 5.41) is 2.77. The number of nitrogens with one attached hydrogen (secondary N) is 1. The lowest BCUT2D eigenvalue weighted by Gasteiger charge is -2.15. The van der Waals surface area contributed by atoms with Gasteiger partial charge in [-0.1, -0.05) is 24.3 Å². The topological polar surface area (TPSA) is 93.1 Å². The van der Waals surface area contributed by atoms with Crippen LogP contribution >= 0.6 is 15.9 Å². The van der Waals surface area contributed by atoms with Crippen molar-refractivity contribution in [3.05, 3.63) is 81.5 Å². The number of carbonyl (C=O) groups is 2. The number of pyridine rings is 1. The smallest absolute Gasteiger partial charge is 0.257 e. The average Bonchev–Trinajstić information content (AvgIpc) is 3.30. The van der Waals surface area contributed by atoms with Crippen molar-refractivity contribution >= 4 is 39.3 Å². The number of hydrogen-bond donors (Lipinski definition) is 1. The Balaban J connectivity index is 1.60. The van der Waals surface area contributed by atoms with Gasteiger partial charge in [-0.15, -0.1) is 0 Å². The molecule has 1 amide bonds. The second kappa shape index (κ2) is 10.7. The third-order valence-corrected chi connectivity index (χ3v) is 6.17. The lowest BCUT2D eigenvalue weighted by molar-refractivity contribution is 0.0992. The predicted octanol–water partition coefficient (Wildman–Crippen LogP) is 4.23. The van der Waals surface area contributed by atoms with Gasteiger partial charge in [0, 0.05) is 47.4 Å². The lowest BCUT2D eigenvalue weighted by atomic mass is 9.96. The number of ether oxygens (including phenoxy) is 2. The molecule has 0 saturated carbocycles. The number of carbonyl (C=O) groups excluding carboxylic acids is 2. The number of ketones is 1. The quantitative estimate of drug-likeness (QED) is 0.433. The molecule has 1 aliphatic heterocycles. The number of hydrogen-bond acceptors (Lipinski definition) is 7. The molecular weight excluding hydrogens is 512 g/mol. The number of halogens is 1. The molecule has 180 valence electrons. The van der Waals surface area contributed by atoms with Crippen LogP contribution in [0.3, 0.4) is 0 Å². The third-order valence-electron chi connectivity index (χ3n) is 5.70. The molecule has 2 aromatic carbocycles. The van der Waals surface area contributed by atoms with E-state index in [2.05, 4.69) is 36.1 Å². The van der Waals surface area contributed by atoms with Crippen LogP contribution in [0.25, 0.3) is 0 Å². The molecular formula is C26H25BrN4O4. The fourth-order valence-electron chi connectivity index (χ4n) is 3.84. The van der Waals surface area contributed by atoms with Gasteiger partial charge in [-0.2, -0.15) is 0 Å². The fraction of sp³-hybridized carbons (Fsp3) is 0.231. The number of rotatable bonds is 8. The maximum Gasteiger partial charge on any atom is 0.257 e. The Hall–Kier alpha value is -3.72. The van der Waals surface area contributed by atoms with Crippen molar-refractivity contribution in [2.45, 2.75) is 6.42 Å². The van der Waals surface area contributed by atoms with E-state index in [1.54, 1.807) is 42.6 Å². The maximum atomic E-state index is 13.2. The molecule has 1 aliphatic rings. The highest BCUT2D eigenvalue weighted by molar-refractivity contribution is 9.10. The van der Waals surface area contributed by atoms with Gasteiger partial charge in [-0.05, 0) is 45.8 Å². The number of amidine groups is 1. The Bertz CT molecular complexity index is 1270. The van der Waals surface area contributed by atoms with E-state index >= 15 is 0 Å². The van der Waals surface area contributed by atoms with Gasteiger partial charge in [0.25, 0.3) is 5.91 Å². The number of nitrogens with zero attached hydrogens (tertiary/aromatic N) is 3. The highest BCUT2D eigenvalue weighted by atomic mass is 79.9. The summed E-state index contributed by atoms with van der Waals surface area (Å²) in [6, 6.07) is 14.1. The van der Waals surface area contributed by atoms with Crippen LogP contribution in [0, 0.1) is 0 Å². The minimum absolute atomic E-state index is 0.0110. The summed E-state index contributed by atoms with van der Waals surface area (Å²) in [5.41, 5.74) is 2.34. The highest BCUT2D eigenvalue weighted by Crippen LogP contribution is 2.32. The zero-order valence-corrected chi connectivity index (χ0v) is 21.3. The molecule has 8 nitrogen and oxygen atoms in total. The molecule has 2 heterocycles. The number of benzene rings is 2. The molecule has 1 aromatic heterocycles. The van der Waals surface area contributed by atoms with Gasteiger partial charge < -0.3 is 19.7 Å². The van der Waals surface area contributed by atoms with Crippen molar-refractivity contribution in [2.24, 2.45) is 4.99 Å². The number of amides is 1. The first-order chi connectivity index (χ1) is 16.9. The largest absolute Gasteiger partial charge is 0.493 e. The highest BCUT2D eigenvalue weighted by Gasteiger charge is 2.21. The first-order valence-corrected chi connectivity index (χ1v) is 11.8. The minimum Gasteiger partial charge on any atom is -0.493 e. The van der Waals surface area contributed by atoms with Crippen LogP contribution in [0.4, 0.5) is 5.82 Å². The van der Waals surface area contributed by atoms with Gasteiger partial charge in [0.1, 0.15) is 11.7 Å². The van der Waals surface area contributed by atoms with Crippen LogP contribution in [0.1, 0.15) is 31.8 Å². The molecule has 0 radical (unpaired) electrons. The molecule has 9 heteroatoms. The van der Waals surface area contributed by atoms with Crippen LogP contribution in [0.2, 0.25) is 0 Å². The van der Waals surface area contributed by atoms with Crippen molar-refractivity contribution in [3.63, 3.8) is 0 Å². The van der Waals surface area contributed by atoms with E-state index < -0.39 is 5.91 Å². The summed E-state index contributed by atoms with van der Waals surface area (Å²) in [4.78, 5) is 37.1. The zero-order valence-electron chi connectivity index (χ0n) is 19.7. The Kier molecular flexibility index (Phi) is 7.45. The number of Topliss-reactive ketones (excluding diaryl/α,β-unsaturated/α-hetero) is 1. The van der Waals surface area contributed by atoms with Crippen LogP contribution in [0.5, 0.6) is 11.5 Å². The molecule has 4 rings (SSSR count). The molecule has 0 fully saturated rings.